The molecule has 2 aliphatic heterocycles. The Bertz CT molecular complexity index is 271. The summed E-state index contributed by atoms with van der Waals surface area (Å²) in [5.41, 5.74) is 0. The minimum absolute atomic E-state index is 0. The van der Waals surface area contributed by atoms with Crippen LogP contribution in [-0.2, 0) is 4.79 Å². The van der Waals surface area contributed by atoms with E-state index in [1.54, 1.807) is 0 Å². The van der Waals surface area contributed by atoms with E-state index in [1.165, 1.54) is 0 Å². The predicted molar refractivity (Wildman–Crippen MR) is 72.3 cm³/mol. The van der Waals surface area contributed by atoms with E-state index < -0.39 is 0 Å². The van der Waals surface area contributed by atoms with Crippen molar-refractivity contribution in [1.82, 2.24) is 10.2 Å². The summed E-state index contributed by atoms with van der Waals surface area (Å²) >= 11 is 0. The molecule has 0 spiro atoms. The lowest BCUT2D eigenvalue weighted by Gasteiger charge is -2.37. The van der Waals surface area contributed by atoms with Crippen LogP contribution in [0.3, 0.4) is 0 Å². The highest BCUT2D eigenvalue weighted by Crippen LogP contribution is 2.23. The maximum absolute atomic E-state index is 12.2. The van der Waals surface area contributed by atoms with Gasteiger partial charge in [0.1, 0.15) is 0 Å². The van der Waals surface area contributed by atoms with Gasteiger partial charge in [-0.15, -0.1) is 19.0 Å². The van der Waals surface area contributed by atoms with Gasteiger partial charge in [0, 0.05) is 19.0 Å². The zero-order valence-corrected chi connectivity index (χ0v) is 11.3. The minimum Gasteiger partial charge on any atom is -0.342 e. The summed E-state index contributed by atoms with van der Waals surface area (Å²) < 4.78 is 0. The Hall–Kier alpha value is -0.540. The number of rotatable bonds is 3. The lowest BCUT2D eigenvalue weighted by Crippen LogP contribution is -2.51. The maximum atomic E-state index is 12.2. The molecule has 0 aromatic rings. The molecule has 0 aromatic carbocycles. The summed E-state index contributed by atoms with van der Waals surface area (Å²) in [6.07, 6.45) is 4.21. The van der Waals surface area contributed by atoms with Gasteiger partial charge in [-0.05, 0) is 37.8 Å². The van der Waals surface area contributed by atoms with Gasteiger partial charge in [0.15, 0.2) is 0 Å². The number of amides is 1. The van der Waals surface area contributed by atoms with Crippen molar-refractivity contribution in [3.8, 4) is 0 Å². The number of allylic oxidation sites excluding steroid dienone is 1. The quantitative estimate of drug-likeness (QED) is 0.782. The molecular formula is C13H23ClN2O. The van der Waals surface area contributed by atoms with E-state index in [-0.39, 0.29) is 18.3 Å². The van der Waals surface area contributed by atoms with Crippen molar-refractivity contribution in [2.45, 2.75) is 19.8 Å². The molecule has 0 aromatic heterocycles. The molecule has 1 atom stereocenters. The summed E-state index contributed by atoms with van der Waals surface area (Å²) in [5, 5.41) is 3.23. The van der Waals surface area contributed by atoms with Crippen LogP contribution in [0.5, 0.6) is 0 Å². The van der Waals surface area contributed by atoms with Gasteiger partial charge in [0.2, 0.25) is 5.91 Å². The fourth-order valence-electron chi connectivity index (χ4n) is 2.51. The molecule has 1 amide bonds. The number of hydrogen-bond donors (Lipinski definition) is 1. The van der Waals surface area contributed by atoms with Crippen LogP contribution in [0.25, 0.3) is 0 Å². The van der Waals surface area contributed by atoms with Gasteiger partial charge in [-0.25, -0.2) is 0 Å². The van der Waals surface area contributed by atoms with Crippen LogP contribution in [0, 0.1) is 17.8 Å². The second kappa shape index (κ2) is 6.41. The largest absolute Gasteiger partial charge is 0.342 e. The van der Waals surface area contributed by atoms with Gasteiger partial charge in [0.25, 0.3) is 0 Å². The molecule has 4 heteroatoms. The molecular weight excluding hydrogens is 236 g/mol. The molecule has 98 valence electrons. The van der Waals surface area contributed by atoms with Crippen LogP contribution in [0.2, 0.25) is 0 Å². The van der Waals surface area contributed by atoms with Crippen LogP contribution >= 0.6 is 12.4 Å². The average Bonchev–Trinajstić information content (AvgIpc) is 2.26. The SMILES string of the molecule is C=CC1CCN(C(=O)C(C)C2CNC2)CC1.Cl. The van der Waals surface area contributed by atoms with Crippen molar-refractivity contribution in [1.29, 1.82) is 0 Å². The van der Waals surface area contributed by atoms with Gasteiger partial charge < -0.3 is 10.2 Å². The first kappa shape index (κ1) is 14.5. The number of nitrogens with one attached hydrogen (secondary N) is 1. The topological polar surface area (TPSA) is 32.3 Å². The summed E-state index contributed by atoms with van der Waals surface area (Å²) in [6, 6.07) is 0. The number of halogens is 1. The van der Waals surface area contributed by atoms with Crippen molar-refractivity contribution in [2.24, 2.45) is 17.8 Å². The molecule has 0 saturated carbocycles. The maximum Gasteiger partial charge on any atom is 0.225 e. The molecule has 1 unspecified atom stereocenters. The van der Waals surface area contributed by atoms with E-state index >= 15 is 0 Å². The first-order valence-corrected chi connectivity index (χ1v) is 6.34. The van der Waals surface area contributed by atoms with E-state index in [2.05, 4.69) is 18.8 Å². The lowest BCUT2D eigenvalue weighted by atomic mass is 9.87. The fourth-order valence-corrected chi connectivity index (χ4v) is 2.51. The lowest BCUT2D eigenvalue weighted by molar-refractivity contribution is -0.138. The Labute approximate surface area is 110 Å². The second-order valence-corrected chi connectivity index (χ2v) is 5.11. The summed E-state index contributed by atoms with van der Waals surface area (Å²) in [6.45, 7) is 9.76. The van der Waals surface area contributed by atoms with Gasteiger partial charge in [-0.3, -0.25) is 4.79 Å². The van der Waals surface area contributed by atoms with Crippen molar-refractivity contribution in [3.05, 3.63) is 12.7 Å². The second-order valence-electron chi connectivity index (χ2n) is 5.11. The van der Waals surface area contributed by atoms with Crippen LogP contribution in [0.1, 0.15) is 19.8 Å². The van der Waals surface area contributed by atoms with Crippen LogP contribution < -0.4 is 5.32 Å². The van der Waals surface area contributed by atoms with E-state index in [4.69, 9.17) is 0 Å². The molecule has 2 aliphatic rings. The van der Waals surface area contributed by atoms with Gasteiger partial charge in [-0.2, -0.15) is 0 Å². The van der Waals surface area contributed by atoms with E-state index in [1.807, 2.05) is 11.0 Å². The third kappa shape index (κ3) is 3.23. The molecule has 2 fully saturated rings. The molecule has 3 nitrogen and oxygen atoms in total. The van der Waals surface area contributed by atoms with E-state index in [0.717, 1.165) is 39.0 Å². The third-order valence-corrected chi connectivity index (χ3v) is 4.09. The normalized spacial score (nSPS) is 23.5. The van der Waals surface area contributed by atoms with Crippen LogP contribution in [-0.4, -0.2) is 37.0 Å². The Morgan fingerprint density at radius 1 is 1.41 bits per heavy atom. The average molecular weight is 259 g/mol. The molecule has 0 radical (unpaired) electrons. The molecule has 0 aliphatic carbocycles. The van der Waals surface area contributed by atoms with Gasteiger partial charge in [-0.1, -0.05) is 13.0 Å². The fraction of sp³-hybridized carbons (Fsp3) is 0.769. The molecule has 0 bridgehead atoms. The summed E-state index contributed by atoms with van der Waals surface area (Å²) in [4.78, 5) is 14.2. The zero-order valence-electron chi connectivity index (χ0n) is 10.5. The Morgan fingerprint density at radius 2 is 2.00 bits per heavy atom. The number of piperidine rings is 1. The van der Waals surface area contributed by atoms with E-state index in [9.17, 15) is 4.79 Å². The van der Waals surface area contributed by atoms with E-state index in [0.29, 0.717) is 17.7 Å². The third-order valence-electron chi connectivity index (χ3n) is 4.09. The molecule has 1 N–H and O–H groups in total. The van der Waals surface area contributed by atoms with Gasteiger partial charge >= 0.3 is 0 Å². The summed E-state index contributed by atoms with van der Waals surface area (Å²) in [7, 11) is 0. The van der Waals surface area contributed by atoms with Gasteiger partial charge in [0.05, 0.1) is 0 Å². The number of likely N-dealkylation sites (tertiary alicyclic amines) is 1. The zero-order chi connectivity index (χ0) is 11.5. The first-order valence-electron chi connectivity index (χ1n) is 6.34. The number of carbonyl (C=O) groups is 1. The Balaban J connectivity index is 0.00000144. The predicted octanol–water partition coefficient (Wildman–Crippen LogP) is 1.69. The van der Waals surface area contributed by atoms with Crippen molar-refractivity contribution < 1.29 is 4.79 Å². The summed E-state index contributed by atoms with van der Waals surface area (Å²) in [5.74, 6) is 1.73. The van der Waals surface area contributed by atoms with Crippen molar-refractivity contribution in [2.75, 3.05) is 26.2 Å². The molecule has 17 heavy (non-hydrogen) atoms. The minimum atomic E-state index is 0. The number of hydrogen-bond acceptors (Lipinski definition) is 2. The standard InChI is InChI=1S/C13H22N2O.ClH/c1-3-11-4-6-15(7-5-11)13(16)10(2)12-8-14-9-12;/h3,10-12,14H,1,4-9H2,2H3;1H. The monoisotopic (exact) mass is 258 g/mol. The van der Waals surface area contributed by atoms with Crippen molar-refractivity contribution >= 4 is 18.3 Å². The molecule has 2 rings (SSSR count). The first-order chi connectivity index (χ1) is 7.72. The molecule has 2 heterocycles. The van der Waals surface area contributed by atoms with Crippen LogP contribution in [0.15, 0.2) is 12.7 Å². The highest BCUT2D eigenvalue weighted by atomic mass is 35.5. The molecule has 2 saturated heterocycles. The van der Waals surface area contributed by atoms with Crippen molar-refractivity contribution in [3.63, 3.8) is 0 Å². The highest BCUT2D eigenvalue weighted by Gasteiger charge is 2.32. The Kier molecular flexibility index (Phi) is 5.47. The smallest absolute Gasteiger partial charge is 0.225 e. The number of nitrogens with zero attached hydrogens (tertiary/aromatic N) is 1. The van der Waals surface area contributed by atoms with Crippen LogP contribution in [0.4, 0.5) is 0 Å². The highest BCUT2D eigenvalue weighted by molar-refractivity contribution is 5.85. The number of carbonyl (C=O) groups excluding carboxylic acids is 1. The Morgan fingerprint density at radius 3 is 2.41 bits per heavy atom.